The van der Waals surface area contributed by atoms with E-state index in [0.29, 0.717) is 0 Å². The molecule has 0 radical (unpaired) electrons. The fraction of sp³-hybridized carbons (Fsp3) is 0.125. The lowest BCUT2D eigenvalue weighted by molar-refractivity contribution is 1.00. The molecule has 0 amide bonds. The maximum absolute atomic E-state index is 3.27. The van der Waals surface area contributed by atoms with Crippen molar-refractivity contribution >= 4 is 0 Å². The van der Waals surface area contributed by atoms with Gasteiger partial charge in [0, 0.05) is 11.5 Å². The molecule has 2 aromatic rings. The fourth-order valence-electron chi connectivity index (χ4n) is 1.54. The highest BCUT2D eigenvalue weighted by molar-refractivity contribution is 5.37. The van der Waals surface area contributed by atoms with Crippen LogP contribution in [0, 0.1) is 11.8 Å². The second-order valence-electron chi connectivity index (χ2n) is 3.77. The van der Waals surface area contributed by atoms with Crippen LogP contribution in [0.25, 0.3) is 0 Å². The summed E-state index contributed by atoms with van der Waals surface area (Å²) in [5.41, 5.74) is 2.34. The lowest BCUT2D eigenvalue weighted by Gasteiger charge is -2.02. The van der Waals surface area contributed by atoms with E-state index < -0.39 is 0 Å². The van der Waals surface area contributed by atoms with E-state index in [9.17, 15) is 0 Å². The number of hydrogen-bond acceptors (Lipinski definition) is 0. The van der Waals surface area contributed by atoms with Crippen molar-refractivity contribution < 1.29 is 0 Å². The third-order valence-corrected chi connectivity index (χ3v) is 2.51. The Bertz CT molecular complexity index is 486. The van der Waals surface area contributed by atoms with E-state index in [1.54, 1.807) is 0 Å². The summed E-state index contributed by atoms with van der Waals surface area (Å²) in [7, 11) is 0. The van der Waals surface area contributed by atoms with Gasteiger partial charge in [0.25, 0.3) is 0 Å². The highest BCUT2D eigenvalue weighted by Gasteiger charge is 1.98. The van der Waals surface area contributed by atoms with Crippen molar-refractivity contribution in [2.75, 3.05) is 0 Å². The zero-order valence-electron chi connectivity index (χ0n) is 9.35. The molecule has 0 saturated heterocycles. The molecule has 78 valence electrons. The van der Waals surface area contributed by atoms with Crippen LogP contribution in [0.4, 0.5) is 0 Å². The summed E-state index contributed by atoms with van der Waals surface area (Å²) in [5.74, 6) is 6.74. The Labute approximate surface area is 96.9 Å². The SMILES string of the molecule is CC(C#Cc1ccccc1)c1ccccc1. The highest BCUT2D eigenvalue weighted by atomic mass is 14.0. The van der Waals surface area contributed by atoms with Gasteiger partial charge in [-0.25, -0.2) is 0 Å². The van der Waals surface area contributed by atoms with Crippen molar-refractivity contribution in [2.45, 2.75) is 12.8 Å². The van der Waals surface area contributed by atoms with Crippen LogP contribution in [-0.4, -0.2) is 0 Å². The largest absolute Gasteiger partial charge is 0.0900 e. The second kappa shape index (κ2) is 5.19. The number of benzene rings is 2. The summed E-state index contributed by atoms with van der Waals surface area (Å²) in [6, 6.07) is 20.5. The lowest BCUT2D eigenvalue weighted by atomic mass is 10.0. The first-order valence-electron chi connectivity index (χ1n) is 5.48. The van der Waals surface area contributed by atoms with Crippen molar-refractivity contribution in [1.82, 2.24) is 0 Å². The molecule has 0 N–H and O–H groups in total. The van der Waals surface area contributed by atoms with Crippen LogP contribution in [0.15, 0.2) is 60.7 Å². The highest BCUT2D eigenvalue weighted by Crippen LogP contribution is 2.13. The Hall–Kier alpha value is -2.00. The van der Waals surface area contributed by atoms with Gasteiger partial charge in [0.05, 0.1) is 0 Å². The van der Waals surface area contributed by atoms with E-state index in [0.717, 1.165) is 5.56 Å². The van der Waals surface area contributed by atoms with Crippen molar-refractivity contribution in [3.8, 4) is 11.8 Å². The average molecular weight is 206 g/mol. The van der Waals surface area contributed by atoms with Gasteiger partial charge in [0.2, 0.25) is 0 Å². The van der Waals surface area contributed by atoms with E-state index in [-0.39, 0.29) is 5.92 Å². The summed E-state index contributed by atoms with van der Waals surface area (Å²) in [4.78, 5) is 0. The topological polar surface area (TPSA) is 0 Å². The summed E-state index contributed by atoms with van der Waals surface area (Å²) >= 11 is 0. The molecule has 0 aliphatic rings. The van der Waals surface area contributed by atoms with Crippen molar-refractivity contribution in [1.29, 1.82) is 0 Å². The molecule has 0 bridgehead atoms. The van der Waals surface area contributed by atoms with E-state index in [1.165, 1.54) is 5.56 Å². The normalized spacial score (nSPS) is 11.3. The van der Waals surface area contributed by atoms with E-state index in [2.05, 4.69) is 43.0 Å². The molecule has 1 unspecified atom stereocenters. The van der Waals surface area contributed by atoms with Gasteiger partial charge < -0.3 is 0 Å². The maximum atomic E-state index is 3.27. The standard InChI is InChI=1S/C16H14/c1-14(16-10-6-3-7-11-16)12-13-15-8-4-2-5-9-15/h2-11,14H,1H3. The third-order valence-electron chi connectivity index (χ3n) is 2.51. The molecule has 0 aromatic heterocycles. The van der Waals surface area contributed by atoms with Crippen LogP contribution in [0.5, 0.6) is 0 Å². The minimum Gasteiger partial charge on any atom is -0.0900 e. The number of rotatable bonds is 1. The van der Waals surface area contributed by atoms with Crippen LogP contribution in [0.3, 0.4) is 0 Å². The molecule has 0 fully saturated rings. The first-order valence-corrected chi connectivity index (χ1v) is 5.48. The predicted molar refractivity (Wildman–Crippen MR) is 68.2 cm³/mol. The van der Waals surface area contributed by atoms with Gasteiger partial charge in [0.15, 0.2) is 0 Å². The average Bonchev–Trinajstić information content (AvgIpc) is 2.38. The van der Waals surface area contributed by atoms with Crippen molar-refractivity contribution in [3.63, 3.8) is 0 Å². The Balaban J connectivity index is 2.15. The van der Waals surface area contributed by atoms with Crippen molar-refractivity contribution in [3.05, 3.63) is 71.8 Å². The summed E-state index contributed by atoms with van der Waals surface area (Å²) in [6.07, 6.45) is 0. The minimum absolute atomic E-state index is 0.279. The molecular weight excluding hydrogens is 192 g/mol. The van der Waals surface area contributed by atoms with Crippen LogP contribution in [0.2, 0.25) is 0 Å². The predicted octanol–water partition coefficient (Wildman–Crippen LogP) is 3.84. The third kappa shape index (κ3) is 2.74. The van der Waals surface area contributed by atoms with E-state index in [1.807, 2.05) is 36.4 Å². The monoisotopic (exact) mass is 206 g/mol. The van der Waals surface area contributed by atoms with Crippen LogP contribution in [-0.2, 0) is 0 Å². The smallest absolute Gasteiger partial charge is 0.0427 e. The van der Waals surface area contributed by atoms with Crippen LogP contribution < -0.4 is 0 Å². The first kappa shape index (κ1) is 10.5. The summed E-state index contributed by atoms with van der Waals surface area (Å²) in [6.45, 7) is 2.13. The molecule has 1 atom stereocenters. The lowest BCUT2D eigenvalue weighted by Crippen LogP contribution is -1.88. The van der Waals surface area contributed by atoms with Gasteiger partial charge >= 0.3 is 0 Å². The maximum Gasteiger partial charge on any atom is 0.0427 e. The van der Waals surface area contributed by atoms with E-state index >= 15 is 0 Å². The van der Waals surface area contributed by atoms with Gasteiger partial charge in [0.1, 0.15) is 0 Å². The van der Waals surface area contributed by atoms with Gasteiger partial charge in [-0.3, -0.25) is 0 Å². The van der Waals surface area contributed by atoms with Crippen LogP contribution >= 0.6 is 0 Å². The molecular formula is C16H14. The van der Waals surface area contributed by atoms with E-state index in [4.69, 9.17) is 0 Å². The zero-order valence-corrected chi connectivity index (χ0v) is 9.35. The van der Waals surface area contributed by atoms with Crippen molar-refractivity contribution in [2.24, 2.45) is 0 Å². The van der Waals surface area contributed by atoms with Gasteiger partial charge in [-0.05, 0) is 24.6 Å². The first-order chi connectivity index (χ1) is 7.86. The van der Waals surface area contributed by atoms with Crippen LogP contribution in [0.1, 0.15) is 24.0 Å². The molecule has 0 saturated carbocycles. The Morgan fingerprint density at radius 2 is 1.38 bits per heavy atom. The van der Waals surface area contributed by atoms with Gasteiger partial charge in [-0.15, -0.1) is 0 Å². The van der Waals surface area contributed by atoms with Gasteiger partial charge in [-0.1, -0.05) is 60.4 Å². The summed E-state index contributed by atoms with van der Waals surface area (Å²) < 4.78 is 0. The Morgan fingerprint density at radius 1 is 0.812 bits per heavy atom. The molecule has 2 aromatic carbocycles. The second-order valence-corrected chi connectivity index (χ2v) is 3.77. The molecule has 0 spiro atoms. The Kier molecular flexibility index (Phi) is 3.41. The molecule has 16 heavy (non-hydrogen) atoms. The summed E-state index contributed by atoms with van der Waals surface area (Å²) in [5, 5.41) is 0. The zero-order chi connectivity index (χ0) is 11.2. The quantitative estimate of drug-likeness (QED) is 0.622. The van der Waals surface area contributed by atoms with Gasteiger partial charge in [-0.2, -0.15) is 0 Å². The molecule has 0 heterocycles. The molecule has 0 nitrogen and oxygen atoms in total. The molecule has 2 rings (SSSR count). The minimum atomic E-state index is 0.279. The Morgan fingerprint density at radius 3 is 2.00 bits per heavy atom. The molecule has 0 heteroatoms. The molecule has 0 aliphatic heterocycles. The fourth-order valence-corrected chi connectivity index (χ4v) is 1.54. The molecule has 0 aliphatic carbocycles. The number of hydrogen-bond donors (Lipinski definition) is 0.